The molecule has 3 amide bonds. The van der Waals surface area contributed by atoms with E-state index in [0.29, 0.717) is 25.9 Å². The molecule has 0 spiro atoms. The molecule has 0 aliphatic carbocycles. The average Bonchev–Trinajstić information content (AvgIpc) is 2.61. The Bertz CT molecular complexity index is 706. The number of phenolic OH excluding ortho intramolecular Hbond substituents is 1. The summed E-state index contributed by atoms with van der Waals surface area (Å²) < 4.78 is 5.13. The fourth-order valence-electron chi connectivity index (χ4n) is 2.95. The lowest BCUT2D eigenvalue weighted by Gasteiger charge is -2.32. The summed E-state index contributed by atoms with van der Waals surface area (Å²) in [6, 6.07) is 6.36. The zero-order valence-electron chi connectivity index (χ0n) is 16.7. The Morgan fingerprint density at radius 2 is 1.82 bits per heavy atom. The van der Waals surface area contributed by atoms with Crippen molar-refractivity contribution in [3.63, 3.8) is 0 Å². The highest BCUT2D eigenvalue weighted by Gasteiger charge is 2.25. The minimum atomic E-state index is -0.572. The maximum atomic E-state index is 12.3. The second-order valence-corrected chi connectivity index (χ2v) is 7.82. The molecule has 0 saturated carbocycles. The third kappa shape index (κ3) is 6.75. The van der Waals surface area contributed by atoms with Crippen molar-refractivity contribution < 1.29 is 24.2 Å². The fourth-order valence-corrected chi connectivity index (χ4v) is 2.95. The summed E-state index contributed by atoms with van der Waals surface area (Å²) in [6.45, 7) is 6.63. The minimum Gasteiger partial charge on any atom is -0.507 e. The van der Waals surface area contributed by atoms with E-state index in [0.717, 1.165) is 0 Å². The topological polar surface area (TPSA) is 108 Å². The van der Waals surface area contributed by atoms with Crippen molar-refractivity contribution in [3.05, 3.63) is 29.8 Å². The number of phenols is 1. The molecule has 0 unspecified atom stereocenters. The fraction of sp³-hybridized carbons (Fsp3) is 0.550. The van der Waals surface area contributed by atoms with Crippen molar-refractivity contribution in [2.75, 3.05) is 19.6 Å². The predicted octanol–water partition coefficient (Wildman–Crippen LogP) is 2.03. The second-order valence-electron chi connectivity index (χ2n) is 7.82. The first kappa shape index (κ1) is 21.5. The number of rotatable bonds is 5. The van der Waals surface area contributed by atoms with Crippen molar-refractivity contribution in [1.82, 2.24) is 15.5 Å². The molecule has 0 aromatic heterocycles. The number of nitrogens with one attached hydrogen (secondary N) is 2. The lowest BCUT2D eigenvalue weighted by atomic mass is 10.0. The molecule has 8 nitrogen and oxygen atoms in total. The van der Waals surface area contributed by atoms with Gasteiger partial charge in [0, 0.05) is 32.1 Å². The van der Waals surface area contributed by atoms with Gasteiger partial charge in [0.05, 0.1) is 5.56 Å². The van der Waals surface area contributed by atoms with Gasteiger partial charge in [-0.25, -0.2) is 4.79 Å². The molecule has 1 aliphatic rings. The van der Waals surface area contributed by atoms with Crippen LogP contribution in [0.2, 0.25) is 0 Å². The van der Waals surface area contributed by atoms with Crippen LogP contribution in [-0.4, -0.2) is 59.2 Å². The maximum absolute atomic E-state index is 12.3. The number of hydrogen-bond acceptors (Lipinski definition) is 5. The Morgan fingerprint density at radius 1 is 1.18 bits per heavy atom. The monoisotopic (exact) mass is 391 g/mol. The molecule has 0 atom stereocenters. The third-order valence-corrected chi connectivity index (χ3v) is 4.34. The van der Waals surface area contributed by atoms with Crippen LogP contribution in [0.5, 0.6) is 5.75 Å². The molecular weight excluding hydrogens is 362 g/mol. The molecule has 1 heterocycles. The van der Waals surface area contributed by atoms with Crippen LogP contribution in [0.4, 0.5) is 4.79 Å². The van der Waals surface area contributed by atoms with Gasteiger partial charge in [0.25, 0.3) is 5.91 Å². The molecule has 8 heteroatoms. The normalized spacial score (nSPS) is 15.0. The van der Waals surface area contributed by atoms with Crippen LogP contribution in [0.25, 0.3) is 0 Å². The zero-order valence-corrected chi connectivity index (χ0v) is 16.7. The molecule has 0 bridgehead atoms. The van der Waals surface area contributed by atoms with Crippen LogP contribution in [0, 0.1) is 0 Å². The van der Waals surface area contributed by atoms with Crippen LogP contribution in [-0.2, 0) is 9.53 Å². The van der Waals surface area contributed by atoms with Gasteiger partial charge in [0.2, 0.25) is 5.91 Å². The Balaban J connectivity index is 1.70. The van der Waals surface area contributed by atoms with Crippen LogP contribution in [0.15, 0.2) is 24.3 Å². The number of amides is 3. The SMILES string of the molecule is CC(C)(C)OC(=O)NCCC(=O)N1CCC(NC(=O)c2ccccc2O)CC1. The summed E-state index contributed by atoms with van der Waals surface area (Å²) in [5.41, 5.74) is -0.328. The molecule has 1 aromatic rings. The number of carbonyl (C=O) groups is 3. The Morgan fingerprint density at radius 3 is 2.43 bits per heavy atom. The van der Waals surface area contributed by atoms with Gasteiger partial charge in [-0.15, -0.1) is 0 Å². The van der Waals surface area contributed by atoms with Gasteiger partial charge in [-0.05, 0) is 45.7 Å². The molecule has 1 saturated heterocycles. The van der Waals surface area contributed by atoms with Crippen molar-refractivity contribution in [1.29, 1.82) is 0 Å². The summed E-state index contributed by atoms with van der Waals surface area (Å²) in [5.74, 6) is -0.406. The standard InChI is InChI=1S/C20H29N3O5/c1-20(2,3)28-19(27)21-11-8-17(25)23-12-9-14(10-13-23)22-18(26)15-6-4-5-7-16(15)24/h4-7,14,24H,8-13H2,1-3H3,(H,21,27)(H,22,26). The van der Waals surface area contributed by atoms with Gasteiger partial charge in [0.1, 0.15) is 11.4 Å². The van der Waals surface area contributed by atoms with Crippen molar-refractivity contribution in [2.24, 2.45) is 0 Å². The smallest absolute Gasteiger partial charge is 0.407 e. The number of likely N-dealkylation sites (tertiary alicyclic amines) is 1. The Labute approximate surface area is 165 Å². The van der Waals surface area contributed by atoms with E-state index in [1.165, 1.54) is 6.07 Å². The number of nitrogens with zero attached hydrogens (tertiary/aromatic N) is 1. The van der Waals surface area contributed by atoms with E-state index in [4.69, 9.17) is 4.74 Å². The molecule has 28 heavy (non-hydrogen) atoms. The molecule has 3 N–H and O–H groups in total. The molecule has 1 aliphatic heterocycles. The van der Waals surface area contributed by atoms with Gasteiger partial charge in [-0.1, -0.05) is 12.1 Å². The summed E-state index contributed by atoms with van der Waals surface area (Å²) >= 11 is 0. The number of alkyl carbamates (subject to hydrolysis) is 1. The summed E-state index contributed by atoms with van der Waals surface area (Å²) in [6.07, 6.45) is 0.953. The van der Waals surface area contributed by atoms with Crippen molar-refractivity contribution in [3.8, 4) is 5.75 Å². The summed E-state index contributed by atoms with van der Waals surface area (Å²) in [7, 11) is 0. The quantitative estimate of drug-likeness (QED) is 0.712. The largest absolute Gasteiger partial charge is 0.507 e. The number of para-hydroxylation sites is 1. The second kappa shape index (κ2) is 9.43. The molecule has 0 radical (unpaired) electrons. The van der Waals surface area contributed by atoms with E-state index in [1.54, 1.807) is 43.9 Å². The average molecular weight is 391 g/mol. The molecule has 154 valence electrons. The number of carbonyl (C=O) groups excluding carboxylic acids is 3. The summed E-state index contributed by atoms with van der Waals surface area (Å²) in [5, 5.41) is 15.2. The lowest BCUT2D eigenvalue weighted by Crippen LogP contribution is -2.47. The highest BCUT2D eigenvalue weighted by atomic mass is 16.6. The van der Waals surface area contributed by atoms with E-state index in [2.05, 4.69) is 10.6 Å². The van der Waals surface area contributed by atoms with Crippen molar-refractivity contribution in [2.45, 2.75) is 51.7 Å². The van der Waals surface area contributed by atoms with E-state index in [9.17, 15) is 19.5 Å². The first-order valence-electron chi connectivity index (χ1n) is 9.49. The molecule has 1 aromatic carbocycles. The minimum absolute atomic E-state index is 0.0402. The van der Waals surface area contributed by atoms with Gasteiger partial charge in [0.15, 0.2) is 0 Å². The third-order valence-electron chi connectivity index (χ3n) is 4.34. The summed E-state index contributed by atoms with van der Waals surface area (Å²) in [4.78, 5) is 37.8. The van der Waals surface area contributed by atoms with E-state index in [-0.39, 0.29) is 42.1 Å². The van der Waals surface area contributed by atoms with Gasteiger partial charge in [-0.2, -0.15) is 0 Å². The number of ether oxygens (including phenoxy) is 1. The number of aromatic hydroxyl groups is 1. The first-order chi connectivity index (χ1) is 13.2. The maximum Gasteiger partial charge on any atom is 0.407 e. The Kier molecular flexibility index (Phi) is 7.25. The molecule has 1 fully saturated rings. The van der Waals surface area contributed by atoms with Crippen LogP contribution in [0.1, 0.15) is 50.4 Å². The van der Waals surface area contributed by atoms with E-state index < -0.39 is 11.7 Å². The van der Waals surface area contributed by atoms with Gasteiger partial charge < -0.3 is 25.4 Å². The molecular formula is C20H29N3O5. The predicted molar refractivity (Wildman–Crippen MR) is 104 cm³/mol. The Hall–Kier alpha value is -2.77. The lowest BCUT2D eigenvalue weighted by molar-refractivity contribution is -0.132. The highest BCUT2D eigenvalue weighted by molar-refractivity contribution is 5.96. The first-order valence-corrected chi connectivity index (χ1v) is 9.49. The number of hydrogen-bond donors (Lipinski definition) is 3. The van der Waals surface area contributed by atoms with E-state index in [1.807, 2.05) is 0 Å². The van der Waals surface area contributed by atoms with Crippen LogP contribution in [0.3, 0.4) is 0 Å². The zero-order chi connectivity index (χ0) is 20.7. The number of benzene rings is 1. The van der Waals surface area contributed by atoms with Gasteiger partial charge in [-0.3, -0.25) is 9.59 Å². The highest BCUT2D eigenvalue weighted by Crippen LogP contribution is 2.17. The van der Waals surface area contributed by atoms with Crippen molar-refractivity contribution >= 4 is 17.9 Å². The van der Waals surface area contributed by atoms with E-state index >= 15 is 0 Å². The number of piperidine rings is 1. The van der Waals surface area contributed by atoms with Gasteiger partial charge >= 0.3 is 6.09 Å². The molecule has 2 rings (SSSR count). The van der Waals surface area contributed by atoms with Crippen LogP contribution < -0.4 is 10.6 Å². The van der Waals surface area contributed by atoms with Crippen LogP contribution >= 0.6 is 0 Å².